The van der Waals surface area contributed by atoms with E-state index >= 15 is 0 Å². The molecule has 0 aromatic heterocycles. The van der Waals surface area contributed by atoms with E-state index in [9.17, 15) is 4.79 Å². The number of aldehydes is 1. The Labute approximate surface area is 96.3 Å². The van der Waals surface area contributed by atoms with Crippen LogP contribution < -0.4 is 14.2 Å². The summed E-state index contributed by atoms with van der Waals surface area (Å²) in [5.41, 5.74) is 0.325. The molecule has 5 heteroatoms. The number of methoxy groups -OCH3 is 3. The SMILES string of the molecule is COc1cc(Br)c(OC)c(C=O)c1OC. The molecule has 0 atom stereocenters. The van der Waals surface area contributed by atoms with Gasteiger partial charge in [-0.2, -0.15) is 0 Å². The maximum Gasteiger partial charge on any atom is 0.175 e. The standard InChI is InChI=1S/C10H11BrO4/c1-13-8-4-7(11)9(14-2)6(5-12)10(8)15-3/h4-5H,1-3H3. The molecule has 1 aromatic carbocycles. The minimum Gasteiger partial charge on any atom is -0.495 e. The monoisotopic (exact) mass is 274 g/mol. The van der Waals surface area contributed by atoms with Gasteiger partial charge in [0.05, 0.1) is 25.8 Å². The summed E-state index contributed by atoms with van der Waals surface area (Å²) >= 11 is 3.28. The van der Waals surface area contributed by atoms with Gasteiger partial charge < -0.3 is 14.2 Å². The van der Waals surface area contributed by atoms with Crippen molar-refractivity contribution in [2.75, 3.05) is 21.3 Å². The molecule has 82 valence electrons. The number of ether oxygens (including phenoxy) is 3. The average Bonchev–Trinajstić information content (AvgIpc) is 2.27. The number of carbonyl (C=O) groups excluding carboxylic acids is 1. The second kappa shape index (κ2) is 5.02. The molecule has 0 heterocycles. The van der Waals surface area contributed by atoms with E-state index in [-0.39, 0.29) is 0 Å². The van der Waals surface area contributed by atoms with Crippen LogP contribution in [0.25, 0.3) is 0 Å². The van der Waals surface area contributed by atoms with Gasteiger partial charge in [-0.1, -0.05) is 0 Å². The van der Waals surface area contributed by atoms with Gasteiger partial charge in [0.15, 0.2) is 17.8 Å². The molecule has 0 fully saturated rings. The molecule has 0 saturated heterocycles. The molecule has 0 aliphatic heterocycles. The number of hydrogen-bond donors (Lipinski definition) is 0. The van der Waals surface area contributed by atoms with E-state index in [1.807, 2.05) is 0 Å². The molecule has 0 aliphatic carbocycles. The van der Waals surface area contributed by atoms with Crippen molar-refractivity contribution < 1.29 is 19.0 Å². The van der Waals surface area contributed by atoms with E-state index in [1.54, 1.807) is 6.07 Å². The fraction of sp³-hybridized carbons (Fsp3) is 0.300. The first-order valence-electron chi connectivity index (χ1n) is 4.13. The summed E-state index contributed by atoms with van der Waals surface area (Å²) in [6.45, 7) is 0. The summed E-state index contributed by atoms with van der Waals surface area (Å²) in [5, 5.41) is 0. The minimum absolute atomic E-state index is 0.325. The van der Waals surface area contributed by atoms with E-state index in [0.29, 0.717) is 33.6 Å². The summed E-state index contributed by atoms with van der Waals surface area (Å²) in [6, 6.07) is 1.69. The minimum atomic E-state index is 0.325. The maximum atomic E-state index is 10.9. The van der Waals surface area contributed by atoms with Crippen molar-refractivity contribution in [1.29, 1.82) is 0 Å². The lowest BCUT2D eigenvalue weighted by atomic mass is 10.2. The van der Waals surface area contributed by atoms with Gasteiger partial charge in [0.2, 0.25) is 0 Å². The normalized spacial score (nSPS) is 9.60. The lowest BCUT2D eigenvalue weighted by Crippen LogP contribution is -1.99. The molecule has 0 saturated carbocycles. The highest BCUT2D eigenvalue weighted by Gasteiger charge is 2.18. The molecule has 0 amide bonds. The summed E-state index contributed by atoms with van der Waals surface area (Å²) in [6.07, 6.45) is 0.672. The molecule has 1 aromatic rings. The number of halogens is 1. The third kappa shape index (κ3) is 2.07. The first-order chi connectivity index (χ1) is 7.19. The Hall–Kier alpha value is -1.23. The van der Waals surface area contributed by atoms with E-state index in [4.69, 9.17) is 14.2 Å². The van der Waals surface area contributed by atoms with Crippen LogP contribution in [0.5, 0.6) is 17.2 Å². The van der Waals surface area contributed by atoms with Crippen LogP contribution in [0.4, 0.5) is 0 Å². The van der Waals surface area contributed by atoms with Crippen LogP contribution in [-0.4, -0.2) is 27.6 Å². The second-order valence-corrected chi connectivity index (χ2v) is 3.51. The van der Waals surface area contributed by atoms with Crippen LogP contribution in [0.15, 0.2) is 10.5 Å². The zero-order valence-corrected chi connectivity index (χ0v) is 10.3. The molecule has 0 bridgehead atoms. The number of benzene rings is 1. The molecule has 0 spiro atoms. The van der Waals surface area contributed by atoms with Crippen LogP contribution in [0.2, 0.25) is 0 Å². The van der Waals surface area contributed by atoms with Gasteiger partial charge in [0, 0.05) is 6.07 Å². The van der Waals surface area contributed by atoms with Crippen LogP contribution in [0, 0.1) is 0 Å². The van der Waals surface area contributed by atoms with E-state index in [2.05, 4.69) is 15.9 Å². The predicted molar refractivity (Wildman–Crippen MR) is 59.2 cm³/mol. The van der Waals surface area contributed by atoms with Crippen molar-refractivity contribution in [3.8, 4) is 17.2 Å². The lowest BCUT2D eigenvalue weighted by Gasteiger charge is -2.14. The summed E-state index contributed by atoms with van der Waals surface area (Å²) in [5.74, 6) is 1.28. The third-order valence-electron chi connectivity index (χ3n) is 1.93. The van der Waals surface area contributed by atoms with Gasteiger partial charge in [-0.25, -0.2) is 0 Å². The Morgan fingerprint density at radius 3 is 2.13 bits per heavy atom. The van der Waals surface area contributed by atoms with Crippen LogP contribution in [0.3, 0.4) is 0 Å². The van der Waals surface area contributed by atoms with E-state index < -0.39 is 0 Å². The van der Waals surface area contributed by atoms with Crippen molar-refractivity contribution in [2.45, 2.75) is 0 Å². The van der Waals surface area contributed by atoms with Gasteiger partial charge in [0.25, 0.3) is 0 Å². The summed E-state index contributed by atoms with van der Waals surface area (Å²) < 4.78 is 15.9. The van der Waals surface area contributed by atoms with Crippen LogP contribution >= 0.6 is 15.9 Å². The van der Waals surface area contributed by atoms with Gasteiger partial charge >= 0.3 is 0 Å². The lowest BCUT2D eigenvalue weighted by molar-refractivity contribution is 0.111. The topological polar surface area (TPSA) is 44.8 Å². The van der Waals surface area contributed by atoms with Gasteiger partial charge in [-0.3, -0.25) is 4.79 Å². The maximum absolute atomic E-state index is 10.9. The van der Waals surface area contributed by atoms with Gasteiger partial charge in [0.1, 0.15) is 11.3 Å². The number of carbonyl (C=O) groups is 1. The first-order valence-corrected chi connectivity index (χ1v) is 4.92. The number of hydrogen-bond acceptors (Lipinski definition) is 4. The highest BCUT2D eigenvalue weighted by molar-refractivity contribution is 9.10. The largest absolute Gasteiger partial charge is 0.495 e. The Kier molecular flexibility index (Phi) is 3.96. The molecule has 0 aliphatic rings. The van der Waals surface area contributed by atoms with E-state index in [0.717, 1.165) is 0 Å². The smallest absolute Gasteiger partial charge is 0.175 e. The first kappa shape index (κ1) is 11.8. The predicted octanol–water partition coefficient (Wildman–Crippen LogP) is 2.29. The molecular weight excluding hydrogens is 264 g/mol. The molecular formula is C10H11BrO4. The van der Waals surface area contributed by atoms with Crippen molar-refractivity contribution in [3.63, 3.8) is 0 Å². The number of rotatable bonds is 4. The average molecular weight is 275 g/mol. The molecule has 4 nitrogen and oxygen atoms in total. The second-order valence-electron chi connectivity index (χ2n) is 2.66. The van der Waals surface area contributed by atoms with Crippen molar-refractivity contribution in [1.82, 2.24) is 0 Å². The Morgan fingerprint density at radius 2 is 1.73 bits per heavy atom. The van der Waals surface area contributed by atoms with Gasteiger partial charge in [-0.15, -0.1) is 0 Å². The highest BCUT2D eigenvalue weighted by atomic mass is 79.9. The third-order valence-corrected chi connectivity index (χ3v) is 2.52. The Balaban J connectivity index is 3.51. The molecule has 1 rings (SSSR count). The quantitative estimate of drug-likeness (QED) is 0.791. The van der Waals surface area contributed by atoms with Crippen LogP contribution in [-0.2, 0) is 0 Å². The fourth-order valence-electron chi connectivity index (χ4n) is 1.29. The van der Waals surface area contributed by atoms with Gasteiger partial charge in [-0.05, 0) is 15.9 Å². The Morgan fingerprint density at radius 1 is 1.13 bits per heavy atom. The van der Waals surface area contributed by atoms with Crippen molar-refractivity contribution >= 4 is 22.2 Å². The molecule has 0 unspecified atom stereocenters. The van der Waals surface area contributed by atoms with Crippen LogP contribution in [0.1, 0.15) is 10.4 Å². The highest BCUT2D eigenvalue weighted by Crippen LogP contribution is 2.41. The van der Waals surface area contributed by atoms with Crippen molar-refractivity contribution in [2.24, 2.45) is 0 Å². The summed E-state index contributed by atoms with van der Waals surface area (Å²) in [4.78, 5) is 10.9. The molecule has 15 heavy (non-hydrogen) atoms. The van der Waals surface area contributed by atoms with E-state index in [1.165, 1.54) is 21.3 Å². The zero-order valence-electron chi connectivity index (χ0n) is 8.67. The summed E-state index contributed by atoms with van der Waals surface area (Å²) in [7, 11) is 4.46. The zero-order chi connectivity index (χ0) is 11.4. The van der Waals surface area contributed by atoms with Crippen molar-refractivity contribution in [3.05, 3.63) is 16.1 Å². The molecule has 0 radical (unpaired) electrons. The fourth-order valence-corrected chi connectivity index (χ4v) is 1.87. The molecule has 0 N–H and O–H groups in total. The Bertz CT molecular complexity index is 376.